The van der Waals surface area contributed by atoms with Gasteiger partial charge in [0.05, 0.1) is 5.56 Å². The van der Waals surface area contributed by atoms with Crippen molar-refractivity contribution >= 4 is 0 Å². The zero-order chi connectivity index (χ0) is 18.5. The van der Waals surface area contributed by atoms with Crippen LogP contribution in [0.2, 0.25) is 0 Å². The minimum absolute atomic E-state index is 0.222. The molecule has 0 aliphatic heterocycles. The SMILES string of the molecule is CCc1oc(-c2ccc(OCCN(C)C)cc2)c(-c2ccccc2)c1O. The van der Waals surface area contributed by atoms with Crippen molar-refractivity contribution in [1.82, 2.24) is 4.90 Å². The number of hydrogen-bond acceptors (Lipinski definition) is 4. The van der Waals surface area contributed by atoms with Gasteiger partial charge in [-0.25, -0.2) is 0 Å². The van der Waals surface area contributed by atoms with E-state index in [1.54, 1.807) is 0 Å². The normalized spacial score (nSPS) is 11.1. The van der Waals surface area contributed by atoms with Gasteiger partial charge in [-0.2, -0.15) is 0 Å². The molecule has 0 amide bonds. The van der Waals surface area contributed by atoms with E-state index < -0.39 is 0 Å². The Morgan fingerprint density at radius 1 is 0.962 bits per heavy atom. The Labute approximate surface area is 154 Å². The van der Waals surface area contributed by atoms with Crippen LogP contribution >= 0.6 is 0 Å². The molecule has 1 aromatic heterocycles. The van der Waals surface area contributed by atoms with Crippen LogP contribution in [0.15, 0.2) is 59.0 Å². The van der Waals surface area contributed by atoms with E-state index in [1.807, 2.05) is 75.6 Å². The first kappa shape index (κ1) is 18.1. The molecular formula is C22H25NO3. The Morgan fingerprint density at radius 3 is 2.27 bits per heavy atom. The van der Waals surface area contributed by atoms with E-state index in [4.69, 9.17) is 9.15 Å². The molecule has 136 valence electrons. The highest BCUT2D eigenvalue weighted by Crippen LogP contribution is 2.43. The molecule has 0 atom stereocenters. The van der Waals surface area contributed by atoms with Gasteiger partial charge in [0.1, 0.15) is 23.9 Å². The summed E-state index contributed by atoms with van der Waals surface area (Å²) in [5.41, 5.74) is 2.59. The van der Waals surface area contributed by atoms with Crippen LogP contribution in [0, 0.1) is 0 Å². The van der Waals surface area contributed by atoms with Crippen LogP contribution in [0.5, 0.6) is 11.5 Å². The summed E-state index contributed by atoms with van der Waals surface area (Å²) in [5, 5.41) is 10.6. The minimum Gasteiger partial charge on any atom is -0.504 e. The van der Waals surface area contributed by atoms with E-state index in [9.17, 15) is 5.11 Å². The number of likely N-dealkylation sites (N-methyl/N-ethyl adjacent to an activating group) is 1. The predicted molar refractivity (Wildman–Crippen MR) is 105 cm³/mol. The smallest absolute Gasteiger partial charge is 0.165 e. The molecule has 4 heteroatoms. The number of ether oxygens (including phenoxy) is 1. The van der Waals surface area contributed by atoms with Gasteiger partial charge in [-0.15, -0.1) is 0 Å². The molecule has 4 nitrogen and oxygen atoms in total. The van der Waals surface area contributed by atoms with Crippen LogP contribution in [0.1, 0.15) is 12.7 Å². The summed E-state index contributed by atoms with van der Waals surface area (Å²) in [7, 11) is 4.04. The van der Waals surface area contributed by atoms with Crippen molar-refractivity contribution in [2.75, 3.05) is 27.2 Å². The van der Waals surface area contributed by atoms with E-state index in [0.717, 1.165) is 29.0 Å². The maximum absolute atomic E-state index is 10.6. The van der Waals surface area contributed by atoms with Gasteiger partial charge in [0, 0.05) is 18.5 Å². The summed E-state index contributed by atoms with van der Waals surface area (Å²) < 4.78 is 11.7. The summed E-state index contributed by atoms with van der Waals surface area (Å²) in [6.07, 6.45) is 0.636. The summed E-state index contributed by atoms with van der Waals surface area (Å²) in [5.74, 6) is 2.33. The first-order valence-electron chi connectivity index (χ1n) is 8.88. The lowest BCUT2D eigenvalue weighted by molar-refractivity contribution is 0.261. The fraction of sp³-hybridized carbons (Fsp3) is 0.273. The summed E-state index contributed by atoms with van der Waals surface area (Å²) >= 11 is 0. The van der Waals surface area contributed by atoms with Gasteiger partial charge in [-0.1, -0.05) is 37.3 Å². The van der Waals surface area contributed by atoms with E-state index in [1.165, 1.54) is 0 Å². The maximum Gasteiger partial charge on any atom is 0.165 e. The minimum atomic E-state index is 0.222. The third-order valence-corrected chi connectivity index (χ3v) is 4.26. The van der Waals surface area contributed by atoms with Crippen molar-refractivity contribution in [1.29, 1.82) is 0 Å². The van der Waals surface area contributed by atoms with Crippen LogP contribution in [-0.4, -0.2) is 37.3 Å². The molecule has 3 aromatic rings. The second-order valence-corrected chi connectivity index (χ2v) is 6.47. The average Bonchev–Trinajstić information content (AvgIpc) is 2.99. The molecule has 0 aliphatic carbocycles. The van der Waals surface area contributed by atoms with Crippen LogP contribution in [-0.2, 0) is 6.42 Å². The summed E-state index contributed by atoms with van der Waals surface area (Å²) in [4.78, 5) is 2.08. The fourth-order valence-corrected chi connectivity index (χ4v) is 2.83. The number of aryl methyl sites for hydroxylation is 1. The van der Waals surface area contributed by atoms with Crippen molar-refractivity contribution in [3.63, 3.8) is 0 Å². The molecule has 0 unspecified atom stereocenters. The highest BCUT2D eigenvalue weighted by molar-refractivity contribution is 5.85. The van der Waals surface area contributed by atoms with Gasteiger partial charge in [-0.3, -0.25) is 0 Å². The molecule has 0 saturated carbocycles. The van der Waals surface area contributed by atoms with Gasteiger partial charge >= 0.3 is 0 Å². The third kappa shape index (κ3) is 3.92. The van der Waals surface area contributed by atoms with Gasteiger partial charge in [0.25, 0.3) is 0 Å². The molecule has 1 heterocycles. The first-order valence-corrected chi connectivity index (χ1v) is 8.88. The van der Waals surface area contributed by atoms with Crippen LogP contribution < -0.4 is 4.74 Å². The van der Waals surface area contributed by atoms with Crippen LogP contribution in [0.3, 0.4) is 0 Å². The monoisotopic (exact) mass is 351 g/mol. The topological polar surface area (TPSA) is 45.8 Å². The zero-order valence-electron chi connectivity index (χ0n) is 15.5. The number of rotatable bonds is 7. The molecule has 0 aliphatic rings. The van der Waals surface area contributed by atoms with Crippen LogP contribution in [0.25, 0.3) is 22.5 Å². The van der Waals surface area contributed by atoms with Gasteiger partial charge < -0.3 is 19.2 Å². The van der Waals surface area contributed by atoms with Crippen molar-refractivity contribution < 1.29 is 14.3 Å². The highest BCUT2D eigenvalue weighted by Gasteiger charge is 2.21. The average molecular weight is 351 g/mol. The standard InChI is InChI=1S/C22H25NO3/c1-4-19-21(24)20(16-8-6-5-7-9-16)22(26-19)17-10-12-18(13-11-17)25-15-14-23(2)3/h5-13,24H,4,14-15H2,1-3H3. The molecule has 0 fully saturated rings. The molecule has 0 radical (unpaired) electrons. The third-order valence-electron chi connectivity index (χ3n) is 4.26. The van der Waals surface area contributed by atoms with E-state index in [-0.39, 0.29) is 5.75 Å². The number of benzene rings is 2. The predicted octanol–water partition coefficient (Wildman–Crippen LogP) is 4.82. The molecular weight excluding hydrogens is 326 g/mol. The second-order valence-electron chi connectivity index (χ2n) is 6.47. The lowest BCUT2D eigenvalue weighted by Gasteiger charge is -2.11. The number of hydrogen-bond donors (Lipinski definition) is 1. The lowest BCUT2D eigenvalue weighted by Crippen LogP contribution is -2.19. The van der Waals surface area contributed by atoms with Crippen molar-refractivity contribution in [3.05, 3.63) is 60.4 Å². The molecule has 0 spiro atoms. The van der Waals surface area contributed by atoms with E-state index in [2.05, 4.69) is 4.90 Å². The molecule has 0 bridgehead atoms. The largest absolute Gasteiger partial charge is 0.504 e. The Balaban J connectivity index is 1.91. The fourth-order valence-electron chi connectivity index (χ4n) is 2.83. The quantitative estimate of drug-likeness (QED) is 0.663. The Bertz CT molecular complexity index is 836. The van der Waals surface area contributed by atoms with Gasteiger partial charge in [0.15, 0.2) is 5.75 Å². The van der Waals surface area contributed by atoms with Gasteiger partial charge in [-0.05, 0) is 43.9 Å². The molecule has 3 rings (SSSR count). The Hall–Kier alpha value is -2.72. The first-order chi connectivity index (χ1) is 12.6. The lowest BCUT2D eigenvalue weighted by atomic mass is 10.0. The van der Waals surface area contributed by atoms with Crippen molar-refractivity contribution in [2.45, 2.75) is 13.3 Å². The van der Waals surface area contributed by atoms with E-state index in [0.29, 0.717) is 24.5 Å². The van der Waals surface area contributed by atoms with Crippen molar-refractivity contribution in [3.8, 4) is 33.9 Å². The zero-order valence-corrected chi connectivity index (χ0v) is 15.5. The molecule has 26 heavy (non-hydrogen) atoms. The van der Waals surface area contributed by atoms with Crippen LogP contribution in [0.4, 0.5) is 0 Å². The molecule has 2 aromatic carbocycles. The molecule has 1 N–H and O–H groups in total. The highest BCUT2D eigenvalue weighted by atomic mass is 16.5. The number of aromatic hydroxyl groups is 1. The number of furan rings is 1. The van der Waals surface area contributed by atoms with E-state index >= 15 is 0 Å². The second kappa shape index (κ2) is 8.11. The summed E-state index contributed by atoms with van der Waals surface area (Å²) in [6, 6.07) is 17.6. The van der Waals surface area contributed by atoms with Gasteiger partial charge in [0.2, 0.25) is 0 Å². The Morgan fingerprint density at radius 2 is 1.65 bits per heavy atom. The number of nitrogens with zero attached hydrogens (tertiary/aromatic N) is 1. The summed E-state index contributed by atoms with van der Waals surface area (Å²) in [6.45, 7) is 3.48. The molecule has 0 saturated heterocycles. The van der Waals surface area contributed by atoms with Crippen molar-refractivity contribution in [2.24, 2.45) is 0 Å². The Kier molecular flexibility index (Phi) is 5.64. The maximum atomic E-state index is 10.6.